The molecule has 2 aliphatic heterocycles. The molecule has 1 aromatic heterocycles. The monoisotopic (exact) mass is 310 g/mol. The van der Waals surface area contributed by atoms with Gasteiger partial charge in [-0.2, -0.15) is 5.26 Å². The van der Waals surface area contributed by atoms with Crippen molar-refractivity contribution in [2.75, 3.05) is 6.79 Å². The summed E-state index contributed by atoms with van der Waals surface area (Å²) in [5.74, 6) is 1.51. The molecule has 0 spiro atoms. The average molecular weight is 310 g/mol. The smallest absolute Gasteiger partial charge is 0.244 e. The largest absolute Gasteiger partial charge is 0.454 e. The van der Waals surface area contributed by atoms with Crippen LogP contribution in [-0.4, -0.2) is 17.0 Å². The van der Waals surface area contributed by atoms with E-state index in [0.29, 0.717) is 23.0 Å². The highest BCUT2D eigenvalue weighted by atomic mass is 16.7. The van der Waals surface area contributed by atoms with Gasteiger partial charge in [0.2, 0.25) is 18.6 Å². The van der Waals surface area contributed by atoms with Crippen LogP contribution in [0.25, 0.3) is 0 Å². The number of nitrogens with one attached hydrogen (secondary N) is 1. The summed E-state index contributed by atoms with van der Waals surface area (Å²) < 4.78 is 16.3. The quantitative estimate of drug-likeness (QED) is 0.877. The molecule has 116 valence electrons. The second kappa shape index (κ2) is 4.95. The number of nitrogens with zero attached hydrogens (tertiary/aromatic N) is 2. The van der Waals surface area contributed by atoms with Gasteiger partial charge in [0.1, 0.15) is 11.6 Å². The fourth-order valence-electron chi connectivity index (χ4n) is 3.00. The first-order chi connectivity index (χ1) is 11.2. The Morgan fingerprint density at radius 2 is 2.22 bits per heavy atom. The molecule has 0 saturated carbocycles. The number of aryl methyl sites for hydroxylation is 1. The van der Waals surface area contributed by atoms with Gasteiger partial charge in [0, 0.05) is 11.3 Å². The molecular weight excluding hydrogens is 296 g/mol. The van der Waals surface area contributed by atoms with Crippen LogP contribution < -0.4 is 19.9 Å². The molecule has 23 heavy (non-hydrogen) atoms. The molecule has 0 bridgehead atoms. The molecule has 0 radical (unpaired) electrons. The van der Waals surface area contributed by atoms with Gasteiger partial charge in [0.05, 0.1) is 5.92 Å². The number of benzene rings is 1. The molecule has 0 unspecified atom stereocenters. The fraction of sp³-hybridized carbons (Fsp3) is 0.250. The SMILES string of the molecule is CCc1[nH]nc2c1[C@H](c1ccc3c(c1)OCO3)C(C#N)=C(N)O2. The summed E-state index contributed by atoms with van der Waals surface area (Å²) in [5.41, 5.74) is 8.94. The van der Waals surface area contributed by atoms with Gasteiger partial charge < -0.3 is 19.9 Å². The first kappa shape index (κ1) is 13.5. The maximum absolute atomic E-state index is 9.56. The molecule has 0 fully saturated rings. The van der Waals surface area contributed by atoms with Crippen LogP contribution in [0.4, 0.5) is 0 Å². The molecular formula is C16H14N4O3. The van der Waals surface area contributed by atoms with Gasteiger partial charge in [-0.1, -0.05) is 13.0 Å². The van der Waals surface area contributed by atoms with Gasteiger partial charge in [0.15, 0.2) is 11.5 Å². The second-order valence-corrected chi connectivity index (χ2v) is 5.31. The molecule has 4 rings (SSSR count). The standard InChI is InChI=1S/C16H14N4O3/c1-2-10-14-13(8-3-4-11-12(5-8)22-7-21-11)9(6-17)15(18)23-16(14)20-19-10/h3-5,13H,2,7,18H2,1H3,(H,19,20)/t13-/m1/s1. The molecule has 1 atom stereocenters. The average Bonchev–Trinajstić information content (AvgIpc) is 3.18. The molecule has 7 nitrogen and oxygen atoms in total. The molecule has 1 aromatic carbocycles. The number of allylic oxidation sites excluding steroid dienone is 1. The molecule has 2 aromatic rings. The van der Waals surface area contributed by atoms with E-state index in [0.717, 1.165) is 23.2 Å². The van der Waals surface area contributed by atoms with E-state index < -0.39 is 0 Å². The van der Waals surface area contributed by atoms with Crippen molar-refractivity contribution in [2.45, 2.75) is 19.3 Å². The highest BCUT2D eigenvalue weighted by Crippen LogP contribution is 2.45. The number of aromatic nitrogens is 2. The molecule has 0 amide bonds. The molecule has 7 heteroatoms. The van der Waals surface area contributed by atoms with Crippen molar-refractivity contribution < 1.29 is 14.2 Å². The number of fused-ring (bicyclic) bond motifs is 2. The summed E-state index contributed by atoms with van der Waals surface area (Å²) in [6.45, 7) is 2.21. The van der Waals surface area contributed by atoms with E-state index in [1.165, 1.54) is 0 Å². The second-order valence-electron chi connectivity index (χ2n) is 5.31. The normalized spacial score (nSPS) is 18.3. The Hall–Kier alpha value is -3.14. The van der Waals surface area contributed by atoms with Crippen LogP contribution >= 0.6 is 0 Å². The summed E-state index contributed by atoms with van der Waals surface area (Å²) in [7, 11) is 0. The van der Waals surface area contributed by atoms with Crippen LogP contribution in [0.5, 0.6) is 17.4 Å². The van der Waals surface area contributed by atoms with Gasteiger partial charge in [-0.3, -0.25) is 5.10 Å². The van der Waals surface area contributed by atoms with Crippen molar-refractivity contribution >= 4 is 0 Å². The third-order valence-electron chi connectivity index (χ3n) is 4.10. The van der Waals surface area contributed by atoms with Crippen molar-refractivity contribution in [1.82, 2.24) is 10.2 Å². The zero-order valence-electron chi connectivity index (χ0n) is 12.4. The van der Waals surface area contributed by atoms with Gasteiger partial charge in [-0.05, 0) is 24.1 Å². The lowest BCUT2D eigenvalue weighted by Crippen LogP contribution is -2.21. The first-order valence-corrected chi connectivity index (χ1v) is 7.27. The molecule has 3 N–H and O–H groups in total. The van der Waals surface area contributed by atoms with Gasteiger partial charge in [-0.15, -0.1) is 5.10 Å². The van der Waals surface area contributed by atoms with Crippen molar-refractivity contribution in [1.29, 1.82) is 5.26 Å². The number of nitrogens with two attached hydrogens (primary N) is 1. The van der Waals surface area contributed by atoms with Crippen LogP contribution in [0.1, 0.15) is 29.7 Å². The zero-order chi connectivity index (χ0) is 16.0. The van der Waals surface area contributed by atoms with E-state index in [2.05, 4.69) is 16.3 Å². The van der Waals surface area contributed by atoms with Crippen LogP contribution in [0, 0.1) is 11.3 Å². The number of nitriles is 1. The van der Waals surface area contributed by atoms with E-state index in [1.54, 1.807) is 0 Å². The van der Waals surface area contributed by atoms with Gasteiger partial charge in [-0.25, -0.2) is 0 Å². The summed E-state index contributed by atoms with van der Waals surface area (Å²) in [6.07, 6.45) is 0.741. The minimum atomic E-state index is -0.341. The summed E-state index contributed by atoms with van der Waals surface area (Å²) in [5, 5.41) is 16.7. The fourth-order valence-corrected chi connectivity index (χ4v) is 3.00. The number of aromatic amines is 1. The lowest BCUT2D eigenvalue weighted by Gasteiger charge is -2.24. The van der Waals surface area contributed by atoms with Crippen LogP contribution in [0.15, 0.2) is 29.7 Å². The number of H-pyrrole nitrogens is 1. The van der Waals surface area contributed by atoms with Crippen molar-refractivity contribution in [2.24, 2.45) is 5.73 Å². The number of hydrogen-bond donors (Lipinski definition) is 2. The third kappa shape index (κ3) is 1.92. The Kier molecular flexibility index (Phi) is 2.91. The first-order valence-electron chi connectivity index (χ1n) is 7.27. The van der Waals surface area contributed by atoms with Crippen molar-refractivity contribution in [3.63, 3.8) is 0 Å². The van der Waals surface area contributed by atoms with Gasteiger partial charge in [0.25, 0.3) is 0 Å². The van der Waals surface area contributed by atoms with E-state index in [-0.39, 0.29) is 18.6 Å². The maximum Gasteiger partial charge on any atom is 0.244 e. The maximum atomic E-state index is 9.56. The van der Waals surface area contributed by atoms with Gasteiger partial charge >= 0.3 is 0 Å². The minimum absolute atomic E-state index is 0.0804. The minimum Gasteiger partial charge on any atom is -0.454 e. The Bertz CT molecular complexity index is 863. The Labute approximate surface area is 132 Å². The summed E-state index contributed by atoms with van der Waals surface area (Å²) in [6, 6.07) is 7.79. The zero-order valence-corrected chi connectivity index (χ0v) is 12.4. The molecule has 2 aliphatic rings. The predicted molar refractivity (Wildman–Crippen MR) is 79.8 cm³/mol. The van der Waals surface area contributed by atoms with Crippen molar-refractivity contribution in [3.05, 3.63) is 46.5 Å². The molecule has 3 heterocycles. The highest BCUT2D eigenvalue weighted by Gasteiger charge is 2.35. The van der Waals surface area contributed by atoms with Crippen molar-refractivity contribution in [3.8, 4) is 23.4 Å². The Morgan fingerprint density at radius 3 is 3.00 bits per heavy atom. The topological polar surface area (TPSA) is 106 Å². The predicted octanol–water partition coefficient (Wildman–Crippen LogP) is 1.92. The van der Waals surface area contributed by atoms with E-state index in [4.69, 9.17) is 19.9 Å². The van der Waals surface area contributed by atoms with Crippen LogP contribution in [-0.2, 0) is 6.42 Å². The highest BCUT2D eigenvalue weighted by molar-refractivity contribution is 5.57. The molecule has 0 aliphatic carbocycles. The number of ether oxygens (including phenoxy) is 3. The summed E-state index contributed by atoms with van der Waals surface area (Å²) in [4.78, 5) is 0. The number of rotatable bonds is 2. The Morgan fingerprint density at radius 1 is 1.39 bits per heavy atom. The van der Waals surface area contributed by atoms with Crippen LogP contribution in [0.3, 0.4) is 0 Å². The van der Waals surface area contributed by atoms with E-state index >= 15 is 0 Å². The Balaban J connectivity index is 1.91. The third-order valence-corrected chi connectivity index (χ3v) is 4.10. The lowest BCUT2D eigenvalue weighted by molar-refractivity contribution is 0.174. The van der Waals surface area contributed by atoms with Crippen LogP contribution in [0.2, 0.25) is 0 Å². The molecule has 0 saturated heterocycles. The lowest BCUT2D eigenvalue weighted by atomic mass is 9.83. The summed E-state index contributed by atoms with van der Waals surface area (Å²) >= 11 is 0. The van der Waals surface area contributed by atoms with E-state index in [1.807, 2.05) is 25.1 Å². The number of hydrogen-bond acceptors (Lipinski definition) is 6. The van der Waals surface area contributed by atoms with E-state index in [9.17, 15) is 5.26 Å².